The maximum Gasteiger partial charge on any atom is 0.168 e. The van der Waals surface area contributed by atoms with E-state index in [0.29, 0.717) is 12.1 Å². The van der Waals surface area contributed by atoms with Crippen molar-refractivity contribution in [2.24, 2.45) is 10.4 Å². The van der Waals surface area contributed by atoms with Gasteiger partial charge in [-0.1, -0.05) is 45.4 Å². The van der Waals surface area contributed by atoms with Gasteiger partial charge in [0.2, 0.25) is 0 Å². The Morgan fingerprint density at radius 2 is 2.00 bits per heavy atom. The molecule has 3 aliphatic rings. The molecule has 2 atom stereocenters. The minimum Gasteiger partial charge on any atom is -0.318 e. The number of amidine groups is 1. The summed E-state index contributed by atoms with van der Waals surface area (Å²) in [4.78, 5) is 7.43. The van der Waals surface area contributed by atoms with Gasteiger partial charge in [-0.2, -0.15) is 0 Å². The van der Waals surface area contributed by atoms with Crippen molar-refractivity contribution >= 4 is 29.3 Å². The quantitative estimate of drug-likeness (QED) is 0.662. The van der Waals surface area contributed by atoms with Gasteiger partial charge in [0.25, 0.3) is 0 Å². The maximum atomic E-state index is 4.89. The molecule has 2 heterocycles. The molecule has 0 aromatic carbocycles. The summed E-state index contributed by atoms with van der Waals surface area (Å²) in [5.74, 6) is 0. The van der Waals surface area contributed by atoms with Gasteiger partial charge in [0.05, 0.1) is 12.1 Å². The Hall–Kier alpha value is -0.150. The van der Waals surface area contributed by atoms with Crippen molar-refractivity contribution in [1.82, 2.24) is 4.90 Å². The van der Waals surface area contributed by atoms with Gasteiger partial charge in [0.1, 0.15) is 0 Å². The van der Waals surface area contributed by atoms with Crippen molar-refractivity contribution in [2.45, 2.75) is 58.5 Å². The van der Waals surface area contributed by atoms with E-state index < -0.39 is 0 Å². The Labute approximate surface area is 114 Å². The summed E-state index contributed by atoms with van der Waals surface area (Å²) in [6.07, 6.45) is 5.36. The smallest absolute Gasteiger partial charge is 0.168 e. The number of aliphatic imine (C=N–C) groups is 1. The monoisotopic (exact) mass is 272 g/mol. The molecule has 3 rings (SSSR count). The highest BCUT2D eigenvalue weighted by molar-refractivity contribution is 8.16. The molecule has 0 amide bonds. The lowest BCUT2D eigenvalue weighted by atomic mass is 9.87. The van der Waals surface area contributed by atoms with Crippen molar-refractivity contribution in [2.75, 3.05) is 0 Å². The van der Waals surface area contributed by atoms with Gasteiger partial charge in [-0.3, -0.25) is 4.99 Å². The molecular weight excluding hydrogens is 252 g/mol. The molecular formula is C13H21ClN2S. The Bertz CT molecular complexity index is 370. The van der Waals surface area contributed by atoms with Crippen LogP contribution in [0.1, 0.15) is 46.5 Å². The van der Waals surface area contributed by atoms with E-state index in [2.05, 4.69) is 31.1 Å². The van der Waals surface area contributed by atoms with Crippen LogP contribution >= 0.6 is 24.2 Å². The van der Waals surface area contributed by atoms with Crippen molar-refractivity contribution in [3.05, 3.63) is 11.1 Å². The average Bonchev–Trinajstić information content (AvgIpc) is 2.73. The Balaban J connectivity index is 0.00000108. The molecule has 2 nitrogen and oxygen atoms in total. The lowest BCUT2D eigenvalue weighted by Crippen LogP contribution is -2.41. The highest BCUT2D eigenvalue weighted by atomic mass is 35.5. The summed E-state index contributed by atoms with van der Waals surface area (Å²) in [5, 5.41) is 3.57. The fraction of sp³-hybridized carbons (Fsp3) is 0.769. The molecule has 17 heavy (non-hydrogen) atoms. The van der Waals surface area contributed by atoms with Crippen LogP contribution in [0.3, 0.4) is 0 Å². The first-order valence-electron chi connectivity index (χ1n) is 6.32. The second-order valence-electron chi connectivity index (χ2n) is 6.07. The van der Waals surface area contributed by atoms with Crippen molar-refractivity contribution in [3.63, 3.8) is 0 Å². The van der Waals surface area contributed by atoms with Crippen LogP contribution in [0.25, 0.3) is 0 Å². The SMILES string of the molecule is CC(C)(C)C1=CSC2=NC3CCCCC3N12.Cl. The summed E-state index contributed by atoms with van der Waals surface area (Å²) in [5.41, 5.74) is 1.72. The van der Waals surface area contributed by atoms with Gasteiger partial charge < -0.3 is 4.90 Å². The minimum absolute atomic E-state index is 0. The lowest BCUT2D eigenvalue weighted by Gasteiger charge is -2.36. The molecule has 0 N–H and O–H groups in total. The highest BCUT2D eigenvalue weighted by Crippen LogP contribution is 2.45. The van der Waals surface area contributed by atoms with E-state index in [9.17, 15) is 0 Å². The zero-order valence-corrected chi connectivity index (χ0v) is 12.4. The molecule has 2 unspecified atom stereocenters. The number of allylic oxidation sites excluding steroid dienone is 1. The number of rotatable bonds is 0. The Morgan fingerprint density at radius 3 is 2.71 bits per heavy atom. The average molecular weight is 273 g/mol. The van der Waals surface area contributed by atoms with Gasteiger partial charge in [-0.25, -0.2) is 0 Å². The highest BCUT2D eigenvalue weighted by Gasteiger charge is 2.44. The van der Waals surface area contributed by atoms with E-state index in [1.54, 1.807) is 0 Å². The normalized spacial score (nSPS) is 31.4. The standard InChI is InChI=1S/C13H20N2S.ClH/c1-13(2,3)11-8-16-12-14-9-6-4-5-7-10(9)15(11)12;/h8-10H,4-7H2,1-3H3;1H. The van der Waals surface area contributed by atoms with Gasteiger partial charge in [0, 0.05) is 11.1 Å². The molecule has 0 saturated heterocycles. The van der Waals surface area contributed by atoms with Crippen LogP contribution in [0, 0.1) is 5.41 Å². The van der Waals surface area contributed by atoms with Crippen LogP contribution in [-0.2, 0) is 0 Å². The third-order valence-electron chi connectivity index (χ3n) is 3.81. The summed E-state index contributed by atoms with van der Waals surface area (Å²) in [7, 11) is 0. The van der Waals surface area contributed by atoms with E-state index in [0.717, 1.165) is 0 Å². The second-order valence-corrected chi connectivity index (χ2v) is 6.91. The van der Waals surface area contributed by atoms with Crippen molar-refractivity contribution in [1.29, 1.82) is 0 Å². The fourth-order valence-corrected chi connectivity index (χ4v) is 4.19. The minimum atomic E-state index is 0. The Kier molecular flexibility index (Phi) is 3.52. The fourth-order valence-electron chi connectivity index (χ4n) is 2.96. The van der Waals surface area contributed by atoms with E-state index in [1.807, 2.05) is 11.8 Å². The van der Waals surface area contributed by atoms with Crippen LogP contribution in [-0.4, -0.2) is 22.2 Å². The second kappa shape index (κ2) is 4.51. The first-order valence-corrected chi connectivity index (χ1v) is 7.20. The summed E-state index contributed by atoms with van der Waals surface area (Å²) < 4.78 is 0. The number of hydrogen-bond acceptors (Lipinski definition) is 3. The van der Waals surface area contributed by atoms with Crippen LogP contribution < -0.4 is 0 Å². The third kappa shape index (κ3) is 2.12. The zero-order chi connectivity index (χ0) is 11.3. The number of fused-ring (bicyclic) bond motifs is 3. The molecule has 0 aromatic rings. The van der Waals surface area contributed by atoms with Crippen LogP contribution in [0.5, 0.6) is 0 Å². The van der Waals surface area contributed by atoms with Crippen LogP contribution in [0.2, 0.25) is 0 Å². The predicted molar refractivity (Wildman–Crippen MR) is 77.7 cm³/mol. The van der Waals surface area contributed by atoms with E-state index in [-0.39, 0.29) is 17.8 Å². The molecule has 4 heteroatoms. The van der Waals surface area contributed by atoms with E-state index in [4.69, 9.17) is 4.99 Å². The molecule has 2 aliphatic heterocycles. The third-order valence-corrected chi connectivity index (χ3v) is 4.67. The molecule has 0 spiro atoms. The predicted octanol–water partition coefficient (Wildman–Crippen LogP) is 4.03. The van der Waals surface area contributed by atoms with Crippen molar-refractivity contribution < 1.29 is 0 Å². The van der Waals surface area contributed by atoms with E-state index >= 15 is 0 Å². The number of halogens is 1. The number of nitrogens with zero attached hydrogens (tertiary/aromatic N) is 2. The summed E-state index contributed by atoms with van der Waals surface area (Å²) >= 11 is 1.83. The molecule has 1 fully saturated rings. The molecule has 96 valence electrons. The van der Waals surface area contributed by atoms with Crippen molar-refractivity contribution in [3.8, 4) is 0 Å². The van der Waals surface area contributed by atoms with Crippen LogP contribution in [0.4, 0.5) is 0 Å². The first-order chi connectivity index (χ1) is 7.57. The molecule has 0 aromatic heterocycles. The van der Waals surface area contributed by atoms with Crippen LogP contribution in [0.15, 0.2) is 16.1 Å². The Morgan fingerprint density at radius 1 is 1.29 bits per heavy atom. The lowest BCUT2D eigenvalue weighted by molar-refractivity contribution is 0.248. The first kappa shape index (κ1) is 13.3. The largest absolute Gasteiger partial charge is 0.318 e. The molecule has 0 bridgehead atoms. The molecule has 0 radical (unpaired) electrons. The number of hydrogen-bond donors (Lipinski definition) is 0. The molecule has 1 saturated carbocycles. The van der Waals surface area contributed by atoms with Gasteiger partial charge in [-0.15, -0.1) is 12.4 Å². The maximum absolute atomic E-state index is 4.89. The topological polar surface area (TPSA) is 15.6 Å². The molecule has 1 aliphatic carbocycles. The number of thioether (sulfide) groups is 1. The zero-order valence-electron chi connectivity index (χ0n) is 10.8. The van der Waals surface area contributed by atoms with Gasteiger partial charge in [-0.05, 0) is 18.2 Å². The summed E-state index contributed by atoms with van der Waals surface area (Å²) in [6.45, 7) is 6.91. The van der Waals surface area contributed by atoms with E-state index in [1.165, 1.54) is 36.5 Å². The van der Waals surface area contributed by atoms with Gasteiger partial charge in [0.15, 0.2) is 5.17 Å². The summed E-state index contributed by atoms with van der Waals surface area (Å²) in [6, 6.07) is 1.26. The van der Waals surface area contributed by atoms with Gasteiger partial charge >= 0.3 is 0 Å².